The van der Waals surface area contributed by atoms with Crippen LogP contribution in [0.15, 0.2) is 42.5 Å². The van der Waals surface area contributed by atoms with Gasteiger partial charge >= 0.3 is 5.97 Å². The van der Waals surface area contributed by atoms with Crippen molar-refractivity contribution in [2.75, 3.05) is 0 Å². The fraction of sp³-hybridized carbons (Fsp3) is 0.238. The Balaban J connectivity index is 1.93. The second-order valence-electron chi connectivity index (χ2n) is 6.72. The summed E-state index contributed by atoms with van der Waals surface area (Å²) < 4.78 is 1.44. The Morgan fingerprint density at radius 3 is 2.33 bits per heavy atom. The lowest BCUT2D eigenvalue weighted by Crippen LogP contribution is -2.31. The molecule has 9 heteroatoms. The molecule has 0 spiro atoms. The number of amides is 1. The average Bonchev–Trinajstić information content (AvgIpc) is 3.12. The van der Waals surface area contributed by atoms with Crippen LogP contribution in [0.5, 0.6) is 0 Å². The molecule has 1 heterocycles. The molecule has 1 atom stereocenters. The lowest BCUT2D eigenvalue weighted by Gasteiger charge is -2.16. The minimum Gasteiger partial charge on any atom is -0.481 e. The van der Waals surface area contributed by atoms with Crippen molar-refractivity contribution in [1.29, 1.82) is 0 Å². The molecule has 7 nitrogen and oxygen atoms in total. The van der Waals surface area contributed by atoms with Crippen LogP contribution < -0.4 is 5.32 Å². The van der Waals surface area contributed by atoms with Crippen LogP contribution in [0.4, 0.5) is 0 Å². The number of hydrogen-bond donors (Lipinski definition) is 2. The van der Waals surface area contributed by atoms with Crippen LogP contribution >= 0.6 is 23.2 Å². The molecule has 3 aromatic rings. The van der Waals surface area contributed by atoms with E-state index in [2.05, 4.69) is 15.4 Å². The van der Waals surface area contributed by atoms with Crippen LogP contribution in [0.25, 0.3) is 5.69 Å². The summed E-state index contributed by atoms with van der Waals surface area (Å²) in [6.07, 6.45) is 0.213. The van der Waals surface area contributed by atoms with Crippen molar-refractivity contribution in [2.45, 2.75) is 32.7 Å². The highest BCUT2D eigenvalue weighted by Gasteiger charge is 2.24. The molecular formula is C21H20Cl2N4O3. The van der Waals surface area contributed by atoms with Gasteiger partial charge in [-0.15, -0.1) is 5.10 Å². The van der Waals surface area contributed by atoms with E-state index >= 15 is 0 Å². The molecule has 156 valence electrons. The maximum Gasteiger partial charge on any atom is 0.305 e. The number of hydrogen-bond acceptors (Lipinski definition) is 4. The molecule has 1 amide bonds. The van der Waals surface area contributed by atoms with Crippen LogP contribution in [0.1, 0.15) is 47.0 Å². The van der Waals surface area contributed by atoms with Gasteiger partial charge in [-0.25, -0.2) is 9.67 Å². The number of nitrogens with one attached hydrogen (secondary N) is 1. The number of carboxylic acids is 1. The van der Waals surface area contributed by atoms with Gasteiger partial charge in [0.25, 0.3) is 5.91 Å². The number of aromatic nitrogens is 3. The second kappa shape index (κ2) is 9.28. The molecular weight excluding hydrogens is 427 g/mol. The van der Waals surface area contributed by atoms with E-state index in [9.17, 15) is 14.7 Å². The first-order chi connectivity index (χ1) is 14.3. The molecule has 30 heavy (non-hydrogen) atoms. The summed E-state index contributed by atoms with van der Waals surface area (Å²) in [6, 6.07) is 11.6. The number of nitrogens with zero attached hydrogens (tertiary/aromatic N) is 3. The van der Waals surface area contributed by atoms with Gasteiger partial charge in [0.15, 0.2) is 0 Å². The van der Waals surface area contributed by atoms with Crippen LogP contribution in [-0.4, -0.2) is 31.7 Å². The Morgan fingerprint density at radius 2 is 1.77 bits per heavy atom. The minimum atomic E-state index is -1.03. The highest BCUT2D eigenvalue weighted by molar-refractivity contribution is 6.37. The monoisotopic (exact) mass is 446 g/mol. The van der Waals surface area contributed by atoms with Crippen molar-refractivity contribution in [3.63, 3.8) is 0 Å². The number of aryl methyl sites for hydroxylation is 2. The van der Waals surface area contributed by atoms with E-state index in [0.29, 0.717) is 33.5 Å². The number of rotatable bonds is 7. The van der Waals surface area contributed by atoms with E-state index in [4.69, 9.17) is 23.2 Å². The van der Waals surface area contributed by atoms with Crippen LogP contribution in [0.3, 0.4) is 0 Å². The van der Waals surface area contributed by atoms with Crippen molar-refractivity contribution < 1.29 is 14.7 Å². The van der Waals surface area contributed by atoms with E-state index in [1.54, 1.807) is 30.3 Å². The van der Waals surface area contributed by atoms with Gasteiger partial charge in [-0.2, -0.15) is 0 Å². The summed E-state index contributed by atoms with van der Waals surface area (Å²) in [7, 11) is 0. The lowest BCUT2D eigenvalue weighted by molar-refractivity contribution is -0.137. The fourth-order valence-corrected chi connectivity index (χ4v) is 3.55. The molecule has 0 fully saturated rings. The van der Waals surface area contributed by atoms with Crippen LogP contribution in [-0.2, 0) is 11.2 Å². The van der Waals surface area contributed by atoms with Gasteiger partial charge < -0.3 is 10.4 Å². The third-order valence-electron chi connectivity index (χ3n) is 4.51. The van der Waals surface area contributed by atoms with E-state index in [-0.39, 0.29) is 12.2 Å². The molecule has 0 radical (unpaired) electrons. The molecule has 0 aliphatic heterocycles. The Kier molecular flexibility index (Phi) is 6.74. The van der Waals surface area contributed by atoms with Crippen molar-refractivity contribution in [2.24, 2.45) is 0 Å². The van der Waals surface area contributed by atoms with Gasteiger partial charge in [-0.05, 0) is 24.6 Å². The molecule has 2 aromatic carbocycles. The van der Waals surface area contributed by atoms with Crippen LogP contribution in [0, 0.1) is 6.92 Å². The topological polar surface area (TPSA) is 97.1 Å². The first-order valence-electron chi connectivity index (χ1n) is 9.29. The zero-order valence-electron chi connectivity index (χ0n) is 16.4. The molecule has 0 unspecified atom stereocenters. The third-order valence-corrected chi connectivity index (χ3v) is 5.12. The van der Waals surface area contributed by atoms with Crippen molar-refractivity contribution >= 4 is 35.1 Å². The van der Waals surface area contributed by atoms with Crippen molar-refractivity contribution in [3.8, 4) is 5.69 Å². The summed E-state index contributed by atoms with van der Waals surface area (Å²) in [5.74, 6) is -1.21. The molecule has 0 aliphatic carbocycles. The molecule has 0 bridgehead atoms. The molecule has 0 aliphatic rings. The van der Waals surface area contributed by atoms with E-state index in [1.807, 2.05) is 26.0 Å². The van der Waals surface area contributed by atoms with Gasteiger partial charge in [0.1, 0.15) is 11.5 Å². The summed E-state index contributed by atoms with van der Waals surface area (Å²) in [4.78, 5) is 28.5. The SMILES string of the molecule is CCc1nc(C(=O)N[C@@H](CC(=O)O)c2ccc(C)cc2)nn1-c1c(Cl)cccc1Cl. The van der Waals surface area contributed by atoms with Gasteiger partial charge in [-0.3, -0.25) is 9.59 Å². The Hall–Kier alpha value is -2.90. The van der Waals surface area contributed by atoms with Crippen LogP contribution in [0.2, 0.25) is 10.0 Å². The van der Waals surface area contributed by atoms with Gasteiger partial charge in [-0.1, -0.05) is 66.0 Å². The zero-order chi connectivity index (χ0) is 21.8. The standard InChI is InChI=1S/C21H20Cl2N4O3/c1-3-17-25-20(26-27(17)19-14(22)5-4-6-15(19)23)21(30)24-16(11-18(28)29)13-9-7-12(2)8-10-13/h4-10,16H,3,11H2,1-2H3,(H,24,30)(H,28,29)/t16-/m0/s1. The van der Waals surface area contributed by atoms with Crippen molar-refractivity contribution in [3.05, 3.63) is 75.3 Å². The number of carboxylic acid groups (broad SMARTS) is 1. The number of para-hydroxylation sites is 1. The van der Waals surface area contributed by atoms with E-state index < -0.39 is 17.9 Å². The van der Waals surface area contributed by atoms with E-state index in [0.717, 1.165) is 5.56 Å². The molecule has 1 aromatic heterocycles. The number of halogens is 2. The number of carbonyl (C=O) groups is 2. The fourth-order valence-electron chi connectivity index (χ4n) is 2.99. The average molecular weight is 447 g/mol. The lowest BCUT2D eigenvalue weighted by atomic mass is 10.0. The maximum atomic E-state index is 12.9. The summed E-state index contributed by atoms with van der Waals surface area (Å²) in [5.41, 5.74) is 2.15. The quantitative estimate of drug-likeness (QED) is 0.560. The summed E-state index contributed by atoms with van der Waals surface area (Å²) in [6.45, 7) is 3.80. The molecule has 0 saturated heterocycles. The smallest absolute Gasteiger partial charge is 0.305 e. The second-order valence-corrected chi connectivity index (χ2v) is 7.54. The number of benzene rings is 2. The van der Waals surface area contributed by atoms with E-state index in [1.165, 1.54) is 4.68 Å². The highest BCUT2D eigenvalue weighted by atomic mass is 35.5. The normalized spacial score (nSPS) is 11.9. The Morgan fingerprint density at radius 1 is 1.13 bits per heavy atom. The minimum absolute atomic E-state index is 0.0923. The maximum absolute atomic E-state index is 12.9. The van der Waals surface area contributed by atoms with Gasteiger partial charge in [0, 0.05) is 6.42 Å². The molecule has 3 rings (SSSR count). The van der Waals surface area contributed by atoms with Crippen molar-refractivity contribution in [1.82, 2.24) is 20.1 Å². The number of carbonyl (C=O) groups excluding carboxylic acids is 1. The predicted molar refractivity (Wildman–Crippen MR) is 114 cm³/mol. The highest BCUT2D eigenvalue weighted by Crippen LogP contribution is 2.29. The number of aliphatic carboxylic acids is 1. The predicted octanol–water partition coefficient (Wildman–Crippen LogP) is 4.39. The summed E-state index contributed by atoms with van der Waals surface area (Å²) in [5, 5.41) is 17.0. The molecule has 0 saturated carbocycles. The Labute approximate surface area is 183 Å². The zero-order valence-corrected chi connectivity index (χ0v) is 17.9. The first-order valence-corrected chi connectivity index (χ1v) is 10.0. The van der Waals surface area contributed by atoms with Gasteiger partial charge in [0.05, 0.1) is 22.5 Å². The molecule has 2 N–H and O–H groups in total. The summed E-state index contributed by atoms with van der Waals surface area (Å²) >= 11 is 12.6. The third kappa shape index (κ3) is 4.80. The van der Waals surface area contributed by atoms with Gasteiger partial charge in [0.2, 0.25) is 5.82 Å². The largest absolute Gasteiger partial charge is 0.481 e. The Bertz CT molecular complexity index is 1060. The first kappa shape index (κ1) is 21.8.